The van der Waals surface area contributed by atoms with Crippen LogP contribution in [-0.4, -0.2) is 18.7 Å². The van der Waals surface area contributed by atoms with Gasteiger partial charge in [-0.15, -0.1) is 0 Å². The fourth-order valence-electron chi connectivity index (χ4n) is 4.06. The number of rotatable bonds is 4. The summed E-state index contributed by atoms with van der Waals surface area (Å²) in [6, 6.07) is 6.93. The van der Waals surface area contributed by atoms with Crippen molar-refractivity contribution in [1.29, 1.82) is 0 Å². The summed E-state index contributed by atoms with van der Waals surface area (Å²) in [5, 5.41) is 0. The van der Waals surface area contributed by atoms with E-state index in [2.05, 4.69) is 30.9 Å². The Hall–Kier alpha value is -1.38. The zero-order chi connectivity index (χ0) is 14.8. The van der Waals surface area contributed by atoms with Gasteiger partial charge in [-0.2, -0.15) is 0 Å². The first kappa shape index (κ1) is 14.6. The molecule has 1 aromatic carbocycles. The molecule has 1 heterocycles. The summed E-state index contributed by atoms with van der Waals surface area (Å²) in [5.74, 6) is 1.78. The zero-order valence-corrected chi connectivity index (χ0v) is 13.3. The SMILES string of the molecule is CC(C)Oc1cc(N)cc(N2CCCC2C2CCCC2)c1. The van der Waals surface area contributed by atoms with Gasteiger partial charge < -0.3 is 15.4 Å². The van der Waals surface area contributed by atoms with Crippen LogP contribution in [0.5, 0.6) is 5.75 Å². The molecule has 1 aliphatic carbocycles. The summed E-state index contributed by atoms with van der Waals surface area (Å²) in [6.45, 7) is 5.27. The summed E-state index contributed by atoms with van der Waals surface area (Å²) in [4.78, 5) is 2.58. The van der Waals surface area contributed by atoms with Crippen LogP contribution >= 0.6 is 0 Å². The predicted octanol–water partition coefficient (Wildman–Crippen LogP) is 4.22. The predicted molar refractivity (Wildman–Crippen MR) is 88.9 cm³/mol. The first-order valence-corrected chi connectivity index (χ1v) is 8.47. The Labute approximate surface area is 128 Å². The molecule has 0 bridgehead atoms. The van der Waals surface area contributed by atoms with Crippen molar-refractivity contribution in [3.8, 4) is 5.75 Å². The standard InChI is InChI=1S/C18H28N2O/c1-13(2)21-17-11-15(19)10-16(12-17)20-9-5-8-18(20)14-6-3-4-7-14/h10-14,18H,3-9,19H2,1-2H3. The Morgan fingerprint density at radius 1 is 1.10 bits per heavy atom. The third-order valence-electron chi connectivity index (χ3n) is 4.86. The highest BCUT2D eigenvalue weighted by Gasteiger charge is 2.33. The van der Waals surface area contributed by atoms with E-state index in [1.807, 2.05) is 6.07 Å². The molecular weight excluding hydrogens is 260 g/mol. The molecule has 3 rings (SSSR count). The van der Waals surface area contributed by atoms with Crippen molar-refractivity contribution in [3.05, 3.63) is 18.2 Å². The minimum Gasteiger partial charge on any atom is -0.491 e. The number of nitrogens with zero attached hydrogens (tertiary/aromatic N) is 1. The van der Waals surface area contributed by atoms with Crippen molar-refractivity contribution in [1.82, 2.24) is 0 Å². The minimum absolute atomic E-state index is 0.184. The molecule has 1 saturated carbocycles. The van der Waals surface area contributed by atoms with Crippen LogP contribution in [0, 0.1) is 5.92 Å². The number of benzene rings is 1. The number of anilines is 2. The van der Waals surface area contributed by atoms with E-state index < -0.39 is 0 Å². The summed E-state index contributed by atoms with van der Waals surface area (Å²) in [7, 11) is 0. The smallest absolute Gasteiger partial charge is 0.123 e. The molecule has 0 spiro atoms. The Bertz CT molecular complexity index is 480. The van der Waals surface area contributed by atoms with Crippen LogP contribution in [0.15, 0.2) is 18.2 Å². The second-order valence-corrected chi connectivity index (χ2v) is 6.87. The molecule has 116 valence electrons. The van der Waals surface area contributed by atoms with Gasteiger partial charge >= 0.3 is 0 Å². The van der Waals surface area contributed by atoms with Crippen molar-refractivity contribution in [2.24, 2.45) is 5.92 Å². The quantitative estimate of drug-likeness (QED) is 0.843. The maximum atomic E-state index is 6.09. The van der Waals surface area contributed by atoms with E-state index in [4.69, 9.17) is 10.5 Å². The molecule has 1 aromatic rings. The van der Waals surface area contributed by atoms with Crippen LogP contribution in [0.4, 0.5) is 11.4 Å². The number of nitrogen functional groups attached to an aromatic ring is 1. The number of hydrogen-bond donors (Lipinski definition) is 1. The molecule has 3 nitrogen and oxygen atoms in total. The molecule has 0 radical (unpaired) electrons. The van der Waals surface area contributed by atoms with Gasteiger partial charge in [0.1, 0.15) is 5.75 Å². The van der Waals surface area contributed by atoms with Crippen molar-refractivity contribution in [3.63, 3.8) is 0 Å². The van der Waals surface area contributed by atoms with E-state index in [9.17, 15) is 0 Å². The van der Waals surface area contributed by atoms with E-state index >= 15 is 0 Å². The van der Waals surface area contributed by atoms with E-state index in [1.54, 1.807) is 0 Å². The number of nitrogens with two attached hydrogens (primary N) is 1. The molecule has 1 aliphatic heterocycles. The molecule has 3 heteroatoms. The summed E-state index contributed by atoms with van der Waals surface area (Å²) in [6.07, 6.45) is 8.44. The topological polar surface area (TPSA) is 38.5 Å². The van der Waals surface area contributed by atoms with Crippen molar-refractivity contribution >= 4 is 11.4 Å². The zero-order valence-electron chi connectivity index (χ0n) is 13.3. The van der Waals surface area contributed by atoms with Crippen molar-refractivity contribution in [2.45, 2.75) is 64.5 Å². The van der Waals surface area contributed by atoms with Gasteiger partial charge in [-0.25, -0.2) is 0 Å². The molecule has 1 atom stereocenters. The molecule has 2 N–H and O–H groups in total. The molecule has 0 amide bonds. The lowest BCUT2D eigenvalue weighted by atomic mass is 9.95. The lowest BCUT2D eigenvalue weighted by molar-refractivity contribution is 0.242. The number of hydrogen-bond acceptors (Lipinski definition) is 3. The largest absolute Gasteiger partial charge is 0.491 e. The average Bonchev–Trinajstić information content (AvgIpc) is 3.08. The van der Waals surface area contributed by atoms with Gasteiger partial charge in [0, 0.05) is 36.1 Å². The van der Waals surface area contributed by atoms with Gasteiger partial charge in [0.15, 0.2) is 0 Å². The molecule has 21 heavy (non-hydrogen) atoms. The van der Waals surface area contributed by atoms with Gasteiger partial charge in [0.2, 0.25) is 0 Å². The van der Waals surface area contributed by atoms with E-state index in [0.717, 1.165) is 23.9 Å². The van der Waals surface area contributed by atoms with Gasteiger partial charge in [-0.05, 0) is 51.5 Å². The highest BCUT2D eigenvalue weighted by molar-refractivity contribution is 5.61. The lowest BCUT2D eigenvalue weighted by Gasteiger charge is -2.32. The van der Waals surface area contributed by atoms with Crippen molar-refractivity contribution in [2.75, 3.05) is 17.2 Å². The summed E-state index contributed by atoms with van der Waals surface area (Å²) >= 11 is 0. The molecule has 1 saturated heterocycles. The van der Waals surface area contributed by atoms with Crippen LogP contribution < -0.4 is 15.4 Å². The summed E-state index contributed by atoms with van der Waals surface area (Å²) < 4.78 is 5.85. The fraction of sp³-hybridized carbons (Fsp3) is 0.667. The molecule has 2 aliphatic rings. The third-order valence-corrected chi connectivity index (χ3v) is 4.86. The molecule has 1 unspecified atom stereocenters. The van der Waals surface area contributed by atoms with Crippen molar-refractivity contribution < 1.29 is 4.74 Å². The Morgan fingerprint density at radius 3 is 2.57 bits per heavy atom. The Morgan fingerprint density at radius 2 is 1.86 bits per heavy atom. The minimum atomic E-state index is 0.184. The highest BCUT2D eigenvalue weighted by atomic mass is 16.5. The Balaban J connectivity index is 1.82. The number of ether oxygens (including phenoxy) is 1. The van der Waals surface area contributed by atoms with Crippen LogP contribution in [0.25, 0.3) is 0 Å². The molecule has 0 aromatic heterocycles. The first-order valence-electron chi connectivity index (χ1n) is 8.47. The third kappa shape index (κ3) is 3.28. The second kappa shape index (κ2) is 6.17. The normalized spacial score (nSPS) is 23.2. The van der Waals surface area contributed by atoms with Gasteiger partial charge in [0.25, 0.3) is 0 Å². The van der Waals surface area contributed by atoms with Crippen LogP contribution in [0.2, 0.25) is 0 Å². The first-order chi connectivity index (χ1) is 10.1. The monoisotopic (exact) mass is 288 g/mol. The molecular formula is C18H28N2O. The van der Waals surface area contributed by atoms with Gasteiger partial charge in [-0.1, -0.05) is 12.8 Å². The lowest BCUT2D eigenvalue weighted by Crippen LogP contribution is -2.34. The van der Waals surface area contributed by atoms with Gasteiger partial charge in [0.05, 0.1) is 6.10 Å². The second-order valence-electron chi connectivity index (χ2n) is 6.87. The maximum absolute atomic E-state index is 6.09. The van der Waals surface area contributed by atoms with Gasteiger partial charge in [-0.3, -0.25) is 0 Å². The van der Waals surface area contributed by atoms with Crippen LogP contribution in [0.3, 0.4) is 0 Å². The van der Waals surface area contributed by atoms with E-state index in [0.29, 0.717) is 6.04 Å². The van der Waals surface area contributed by atoms with E-state index in [-0.39, 0.29) is 6.10 Å². The van der Waals surface area contributed by atoms with E-state index in [1.165, 1.54) is 44.2 Å². The fourth-order valence-corrected chi connectivity index (χ4v) is 4.06. The average molecular weight is 288 g/mol. The summed E-state index contributed by atoms with van der Waals surface area (Å²) in [5.41, 5.74) is 8.15. The molecule has 2 fully saturated rings. The van der Waals surface area contributed by atoms with Crippen LogP contribution in [-0.2, 0) is 0 Å². The maximum Gasteiger partial charge on any atom is 0.123 e. The Kier molecular flexibility index (Phi) is 4.27. The van der Waals surface area contributed by atoms with Crippen LogP contribution in [0.1, 0.15) is 52.4 Å². The highest BCUT2D eigenvalue weighted by Crippen LogP contribution is 2.39.